The van der Waals surface area contributed by atoms with E-state index in [-0.39, 0.29) is 18.5 Å². The molecule has 0 spiro atoms. The number of amides is 4. The van der Waals surface area contributed by atoms with E-state index in [1.165, 1.54) is 0 Å². The summed E-state index contributed by atoms with van der Waals surface area (Å²) < 4.78 is 0. The number of carbonyl (C=O) groups excluding carboxylic acids is 2. The van der Waals surface area contributed by atoms with Gasteiger partial charge in [-0.2, -0.15) is 0 Å². The van der Waals surface area contributed by atoms with Crippen molar-refractivity contribution in [3.63, 3.8) is 0 Å². The van der Waals surface area contributed by atoms with Crippen LogP contribution in [0.15, 0.2) is 0 Å². The van der Waals surface area contributed by atoms with Gasteiger partial charge in [-0.1, -0.05) is 0 Å². The number of carbonyl (C=O) groups is 2. The van der Waals surface area contributed by atoms with Gasteiger partial charge in [0.05, 0.1) is 5.60 Å². The summed E-state index contributed by atoms with van der Waals surface area (Å²) >= 11 is 0. The quantitative estimate of drug-likeness (QED) is 0.629. The maximum atomic E-state index is 11.6. The van der Waals surface area contributed by atoms with E-state index >= 15 is 0 Å². The highest BCUT2D eigenvalue weighted by molar-refractivity contribution is 5.94. The number of aliphatic hydroxyl groups is 1. The Morgan fingerprint density at radius 2 is 2.38 bits per heavy atom. The van der Waals surface area contributed by atoms with Gasteiger partial charge in [0.25, 0.3) is 0 Å². The highest BCUT2D eigenvalue weighted by Crippen LogP contribution is 2.38. The van der Waals surface area contributed by atoms with Gasteiger partial charge >= 0.3 is 12.1 Å². The molecule has 3 N–H and O–H groups in total. The van der Waals surface area contributed by atoms with Crippen LogP contribution in [0.3, 0.4) is 0 Å². The zero-order valence-corrected chi connectivity index (χ0v) is 9.32. The summed E-state index contributed by atoms with van der Waals surface area (Å²) in [4.78, 5) is 23.9. The smallest absolute Gasteiger partial charge is 0.325 e. The summed E-state index contributed by atoms with van der Waals surface area (Å²) in [7, 11) is 0. The van der Waals surface area contributed by atoms with Crippen LogP contribution in [0.4, 0.5) is 9.59 Å². The number of hydrogen-bond acceptors (Lipinski definition) is 3. The minimum atomic E-state index is -0.855. The maximum Gasteiger partial charge on any atom is 0.325 e. The van der Waals surface area contributed by atoms with Crippen molar-refractivity contribution in [1.29, 1.82) is 0 Å². The maximum absolute atomic E-state index is 11.6. The highest BCUT2D eigenvalue weighted by atomic mass is 16.3. The lowest BCUT2D eigenvalue weighted by Crippen LogP contribution is -2.48. The Morgan fingerprint density at radius 1 is 1.69 bits per heavy atom. The molecule has 0 unspecified atom stereocenters. The van der Waals surface area contributed by atoms with Gasteiger partial charge < -0.3 is 15.7 Å². The lowest BCUT2D eigenvalue weighted by Gasteiger charge is -2.24. The van der Waals surface area contributed by atoms with Gasteiger partial charge in [-0.3, -0.25) is 0 Å². The molecule has 0 aromatic heterocycles. The summed E-state index contributed by atoms with van der Waals surface area (Å²) in [6.45, 7) is 2.79. The third-order valence-electron chi connectivity index (χ3n) is 3.16. The minimum absolute atomic E-state index is 0.195. The van der Waals surface area contributed by atoms with Crippen molar-refractivity contribution in [3.8, 4) is 0 Å². The molecule has 0 aromatic carbocycles. The van der Waals surface area contributed by atoms with Crippen LogP contribution in [-0.2, 0) is 0 Å². The second-order valence-corrected chi connectivity index (χ2v) is 4.67. The fourth-order valence-electron chi connectivity index (χ4n) is 1.86. The van der Waals surface area contributed by atoms with E-state index < -0.39 is 11.6 Å². The average Bonchev–Trinajstić information content (AvgIpc) is 3.00. The van der Waals surface area contributed by atoms with E-state index in [0.717, 1.165) is 17.7 Å². The second kappa shape index (κ2) is 3.93. The van der Waals surface area contributed by atoms with Crippen molar-refractivity contribution in [2.45, 2.75) is 25.4 Å². The van der Waals surface area contributed by atoms with Crippen LogP contribution in [0.1, 0.15) is 19.8 Å². The van der Waals surface area contributed by atoms with Crippen LogP contribution < -0.4 is 10.6 Å². The lowest BCUT2D eigenvalue weighted by molar-refractivity contribution is 0.0385. The molecule has 1 heterocycles. The average molecular weight is 227 g/mol. The van der Waals surface area contributed by atoms with Crippen LogP contribution in [0, 0.1) is 5.92 Å². The van der Waals surface area contributed by atoms with Crippen molar-refractivity contribution in [2.24, 2.45) is 5.92 Å². The molecule has 0 radical (unpaired) electrons. The first kappa shape index (κ1) is 11.2. The number of imide groups is 1. The molecule has 2 rings (SSSR count). The summed E-state index contributed by atoms with van der Waals surface area (Å²) in [6, 6.07) is -0.806. The Morgan fingerprint density at radius 3 is 2.88 bits per heavy atom. The predicted octanol–water partition coefficient (Wildman–Crippen LogP) is -0.118. The second-order valence-electron chi connectivity index (χ2n) is 4.67. The summed E-state index contributed by atoms with van der Waals surface area (Å²) in [5.41, 5.74) is -0.855. The van der Waals surface area contributed by atoms with E-state index in [1.54, 1.807) is 6.92 Å². The molecule has 6 heteroatoms. The van der Waals surface area contributed by atoms with Crippen molar-refractivity contribution in [2.75, 3.05) is 19.6 Å². The first-order valence-corrected chi connectivity index (χ1v) is 5.56. The molecule has 4 amide bonds. The third-order valence-corrected chi connectivity index (χ3v) is 3.16. The van der Waals surface area contributed by atoms with E-state index in [4.69, 9.17) is 0 Å². The van der Waals surface area contributed by atoms with E-state index in [2.05, 4.69) is 10.6 Å². The first-order valence-electron chi connectivity index (χ1n) is 5.56. The number of urea groups is 2. The number of nitrogens with zero attached hydrogens (tertiary/aromatic N) is 1. The standard InChI is InChI=1S/C10H17N3O3/c1-10(16,7-2-3-7)6-12-9(15)13-5-4-11-8(13)14/h7,16H,2-6H2,1H3,(H,11,14)(H,12,15)/t10-/m0/s1. The van der Waals surface area contributed by atoms with Crippen molar-refractivity contribution in [1.82, 2.24) is 15.5 Å². The minimum Gasteiger partial charge on any atom is -0.388 e. The zero-order valence-electron chi connectivity index (χ0n) is 9.32. The van der Waals surface area contributed by atoms with Gasteiger partial charge in [-0.15, -0.1) is 0 Å². The van der Waals surface area contributed by atoms with Crippen molar-refractivity contribution in [3.05, 3.63) is 0 Å². The zero-order chi connectivity index (χ0) is 11.8. The number of nitrogens with one attached hydrogen (secondary N) is 2. The van der Waals surface area contributed by atoms with Crippen LogP contribution in [0.5, 0.6) is 0 Å². The van der Waals surface area contributed by atoms with Crippen molar-refractivity contribution >= 4 is 12.1 Å². The molecule has 16 heavy (non-hydrogen) atoms. The lowest BCUT2D eigenvalue weighted by atomic mass is 10.0. The Bertz CT molecular complexity index is 312. The first-order chi connectivity index (χ1) is 7.50. The Balaban J connectivity index is 1.81. The molecule has 1 atom stereocenters. The van der Waals surface area contributed by atoms with Crippen LogP contribution in [0.25, 0.3) is 0 Å². The molecule has 0 aromatic rings. The Labute approximate surface area is 94.0 Å². The molecular weight excluding hydrogens is 210 g/mol. The molecule has 6 nitrogen and oxygen atoms in total. The van der Waals surface area contributed by atoms with Crippen LogP contribution in [-0.4, -0.2) is 47.3 Å². The van der Waals surface area contributed by atoms with Crippen LogP contribution in [0.2, 0.25) is 0 Å². The monoisotopic (exact) mass is 227 g/mol. The molecule has 1 saturated carbocycles. The molecule has 2 fully saturated rings. The summed E-state index contributed by atoms with van der Waals surface area (Å²) in [6.07, 6.45) is 2.01. The fraction of sp³-hybridized carbons (Fsp3) is 0.800. The van der Waals surface area contributed by atoms with Gasteiger partial charge in [-0.25, -0.2) is 14.5 Å². The summed E-state index contributed by atoms with van der Waals surface area (Å²) in [5.74, 6) is 0.278. The predicted molar refractivity (Wildman–Crippen MR) is 56.9 cm³/mol. The molecule has 0 bridgehead atoms. The van der Waals surface area contributed by atoms with Crippen molar-refractivity contribution < 1.29 is 14.7 Å². The molecule has 90 valence electrons. The molecule has 1 saturated heterocycles. The summed E-state index contributed by atoms with van der Waals surface area (Å²) in [5, 5.41) is 15.1. The molecule has 1 aliphatic carbocycles. The van der Waals surface area contributed by atoms with Crippen LogP contribution >= 0.6 is 0 Å². The normalized spacial score (nSPS) is 23.9. The van der Waals surface area contributed by atoms with Gasteiger partial charge in [-0.05, 0) is 25.7 Å². The topological polar surface area (TPSA) is 81.7 Å². The van der Waals surface area contributed by atoms with Gasteiger partial charge in [0, 0.05) is 19.6 Å². The highest BCUT2D eigenvalue weighted by Gasteiger charge is 2.40. The van der Waals surface area contributed by atoms with Gasteiger partial charge in [0.2, 0.25) is 0 Å². The SMILES string of the molecule is C[C@](O)(CNC(=O)N1CCNC1=O)C1CC1. The largest absolute Gasteiger partial charge is 0.388 e. The fourth-order valence-corrected chi connectivity index (χ4v) is 1.86. The van der Waals surface area contributed by atoms with E-state index in [1.807, 2.05) is 0 Å². The number of rotatable bonds is 3. The Hall–Kier alpha value is -1.30. The molecule has 2 aliphatic rings. The van der Waals surface area contributed by atoms with Gasteiger partial charge in [0.15, 0.2) is 0 Å². The number of hydrogen-bond donors (Lipinski definition) is 3. The van der Waals surface area contributed by atoms with Gasteiger partial charge in [0.1, 0.15) is 0 Å². The van der Waals surface area contributed by atoms with E-state index in [9.17, 15) is 14.7 Å². The Kier molecular flexibility index (Phi) is 2.75. The molecular formula is C10H17N3O3. The molecule has 1 aliphatic heterocycles. The third kappa shape index (κ3) is 2.27. The van der Waals surface area contributed by atoms with E-state index in [0.29, 0.717) is 13.1 Å².